The molecule has 0 aliphatic carbocycles. The largest absolute Gasteiger partial charge is 0.303 e. The molecule has 4 rings (SSSR count). The van der Waals surface area contributed by atoms with Gasteiger partial charge in [0.1, 0.15) is 0 Å². The highest BCUT2D eigenvalue weighted by molar-refractivity contribution is 7.99. The van der Waals surface area contributed by atoms with E-state index >= 15 is 0 Å². The Morgan fingerprint density at radius 3 is 2.11 bits per heavy atom. The maximum atomic E-state index is 13.7. The quantitative estimate of drug-likeness (QED) is 0.399. The van der Waals surface area contributed by atoms with Gasteiger partial charge in [-0.2, -0.15) is 0 Å². The van der Waals surface area contributed by atoms with E-state index in [0.29, 0.717) is 6.54 Å². The fraction of sp³-hybridized carbons (Fsp3) is 0.160. The van der Waals surface area contributed by atoms with E-state index in [1.807, 2.05) is 53.1 Å². The average molecular weight is 386 g/mol. The van der Waals surface area contributed by atoms with Gasteiger partial charge in [0.05, 0.1) is 17.6 Å². The third kappa shape index (κ3) is 3.27. The Morgan fingerprint density at radius 2 is 1.46 bits per heavy atom. The Bertz CT molecular complexity index is 1190. The summed E-state index contributed by atoms with van der Waals surface area (Å²) in [6, 6.07) is 24.6. The molecule has 0 saturated heterocycles. The predicted molar refractivity (Wildman–Crippen MR) is 120 cm³/mol. The second-order valence-electron chi connectivity index (χ2n) is 7.10. The number of benzene rings is 3. The Kier molecular flexibility index (Phi) is 5.10. The van der Waals surface area contributed by atoms with E-state index in [4.69, 9.17) is 0 Å². The number of aromatic nitrogens is 1. The summed E-state index contributed by atoms with van der Waals surface area (Å²) >= 11 is 1.65. The van der Waals surface area contributed by atoms with E-state index in [1.54, 1.807) is 11.8 Å². The molecule has 0 bridgehead atoms. The molecule has 4 aromatic rings. The zero-order chi connectivity index (χ0) is 19.7. The topological polar surface area (TPSA) is 22.0 Å². The van der Waals surface area contributed by atoms with Crippen LogP contribution >= 0.6 is 11.8 Å². The van der Waals surface area contributed by atoms with E-state index < -0.39 is 0 Å². The first-order chi connectivity index (χ1) is 13.6. The number of rotatable bonds is 4. The lowest BCUT2D eigenvalue weighted by Crippen LogP contribution is -2.24. The minimum absolute atomic E-state index is 0.0650. The molecule has 28 heavy (non-hydrogen) atoms. The highest BCUT2D eigenvalue weighted by Gasteiger charge is 2.18. The third-order valence-corrected chi connectivity index (χ3v) is 6.12. The molecule has 0 amide bonds. The van der Waals surface area contributed by atoms with Crippen LogP contribution in [-0.2, 0) is 6.54 Å². The number of fused-ring (bicyclic) bond motifs is 1. The Balaban J connectivity index is 2.10. The van der Waals surface area contributed by atoms with Gasteiger partial charge in [0, 0.05) is 10.3 Å². The van der Waals surface area contributed by atoms with Crippen molar-refractivity contribution < 1.29 is 0 Å². The van der Waals surface area contributed by atoms with Crippen LogP contribution in [0.1, 0.15) is 16.7 Å². The van der Waals surface area contributed by atoms with Gasteiger partial charge in [-0.05, 0) is 54.5 Å². The van der Waals surface area contributed by atoms with Crippen LogP contribution in [0.25, 0.3) is 22.0 Å². The number of nitrogens with zero attached hydrogens (tertiary/aromatic N) is 1. The van der Waals surface area contributed by atoms with Crippen molar-refractivity contribution in [1.29, 1.82) is 0 Å². The first-order valence-corrected chi connectivity index (χ1v) is 10.6. The molecule has 0 aliphatic heterocycles. The molecule has 3 heteroatoms. The standard InChI is InChI=1S/C25H23NOS/c1-17-14-21-22(15-18(17)2)26(16-19-10-6-4-7-11-19)25(27)23(24(21)28-3)20-12-8-5-9-13-20/h4-15H,16H2,1-3H3. The third-order valence-electron chi connectivity index (χ3n) is 5.28. The van der Waals surface area contributed by atoms with E-state index in [2.05, 4.69) is 44.4 Å². The van der Waals surface area contributed by atoms with Crippen LogP contribution < -0.4 is 5.56 Å². The normalized spacial score (nSPS) is 11.1. The zero-order valence-corrected chi connectivity index (χ0v) is 17.2. The van der Waals surface area contributed by atoms with Crippen LogP contribution in [0.2, 0.25) is 0 Å². The second kappa shape index (κ2) is 7.69. The van der Waals surface area contributed by atoms with Gasteiger partial charge in [0.25, 0.3) is 5.56 Å². The summed E-state index contributed by atoms with van der Waals surface area (Å²) in [7, 11) is 0. The molecule has 0 unspecified atom stereocenters. The van der Waals surface area contributed by atoms with E-state index in [-0.39, 0.29) is 5.56 Å². The monoisotopic (exact) mass is 385 g/mol. The van der Waals surface area contributed by atoms with Crippen LogP contribution in [0.15, 0.2) is 82.5 Å². The molecule has 1 heterocycles. The summed E-state index contributed by atoms with van der Waals surface area (Å²) < 4.78 is 1.93. The summed E-state index contributed by atoms with van der Waals surface area (Å²) in [5.74, 6) is 0. The first kappa shape index (κ1) is 18.6. The van der Waals surface area contributed by atoms with Gasteiger partial charge >= 0.3 is 0 Å². The smallest absolute Gasteiger partial charge is 0.260 e. The van der Waals surface area contributed by atoms with Crippen molar-refractivity contribution in [3.63, 3.8) is 0 Å². The molecule has 3 aromatic carbocycles. The molecule has 2 nitrogen and oxygen atoms in total. The Morgan fingerprint density at radius 1 is 0.857 bits per heavy atom. The minimum atomic E-state index is 0.0650. The van der Waals surface area contributed by atoms with Crippen molar-refractivity contribution in [3.8, 4) is 11.1 Å². The molecule has 140 valence electrons. The van der Waals surface area contributed by atoms with Crippen LogP contribution in [-0.4, -0.2) is 10.8 Å². The first-order valence-electron chi connectivity index (χ1n) is 9.41. The molecule has 0 N–H and O–H groups in total. The Labute approximate surface area is 169 Å². The van der Waals surface area contributed by atoms with Gasteiger partial charge in [0.15, 0.2) is 0 Å². The molecular weight excluding hydrogens is 362 g/mol. The summed E-state index contributed by atoms with van der Waals surface area (Å²) in [6.07, 6.45) is 2.05. The molecule has 0 atom stereocenters. The van der Waals surface area contributed by atoms with Gasteiger partial charge in [-0.25, -0.2) is 0 Å². The van der Waals surface area contributed by atoms with Crippen molar-refractivity contribution >= 4 is 22.7 Å². The summed E-state index contributed by atoms with van der Waals surface area (Å²) in [5.41, 5.74) is 6.40. The van der Waals surface area contributed by atoms with Gasteiger partial charge in [-0.1, -0.05) is 60.7 Å². The van der Waals surface area contributed by atoms with Crippen molar-refractivity contribution in [1.82, 2.24) is 4.57 Å². The maximum absolute atomic E-state index is 13.7. The molecule has 0 aliphatic rings. The average Bonchev–Trinajstić information content (AvgIpc) is 2.72. The minimum Gasteiger partial charge on any atom is -0.303 e. The van der Waals surface area contributed by atoms with Crippen molar-refractivity contribution in [2.45, 2.75) is 25.3 Å². The lowest BCUT2D eigenvalue weighted by Gasteiger charge is -2.19. The van der Waals surface area contributed by atoms with E-state index in [9.17, 15) is 4.79 Å². The van der Waals surface area contributed by atoms with Crippen LogP contribution in [0.5, 0.6) is 0 Å². The van der Waals surface area contributed by atoms with Crippen LogP contribution in [0.4, 0.5) is 0 Å². The number of thioether (sulfide) groups is 1. The molecule has 0 fully saturated rings. The zero-order valence-electron chi connectivity index (χ0n) is 16.4. The lowest BCUT2D eigenvalue weighted by molar-refractivity contribution is 0.792. The van der Waals surface area contributed by atoms with Gasteiger partial charge in [-0.15, -0.1) is 11.8 Å². The number of hydrogen-bond acceptors (Lipinski definition) is 2. The van der Waals surface area contributed by atoms with Gasteiger partial charge in [0.2, 0.25) is 0 Å². The molecule has 0 spiro atoms. The highest BCUT2D eigenvalue weighted by atomic mass is 32.2. The number of aryl methyl sites for hydroxylation is 2. The molecule has 0 saturated carbocycles. The SMILES string of the molecule is CSc1c(-c2ccccc2)c(=O)n(Cc2ccccc2)c2cc(C)c(C)cc12. The number of hydrogen-bond donors (Lipinski definition) is 0. The lowest BCUT2D eigenvalue weighted by atomic mass is 10.0. The molecular formula is C25H23NOS. The van der Waals surface area contributed by atoms with E-state index in [0.717, 1.165) is 32.5 Å². The van der Waals surface area contributed by atoms with Crippen molar-refractivity contribution in [3.05, 3.63) is 99.8 Å². The highest BCUT2D eigenvalue weighted by Crippen LogP contribution is 2.35. The molecule has 0 radical (unpaired) electrons. The summed E-state index contributed by atoms with van der Waals surface area (Å²) in [6.45, 7) is 4.80. The summed E-state index contributed by atoms with van der Waals surface area (Å²) in [5, 5.41) is 1.14. The fourth-order valence-corrected chi connectivity index (χ4v) is 4.47. The van der Waals surface area contributed by atoms with E-state index in [1.165, 1.54) is 11.1 Å². The Hall–Kier alpha value is -2.78. The van der Waals surface area contributed by atoms with Crippen molar-refractivity contribution in [2.24, 2.45) is 0 Å². The fourth-order valence-electron chi connectivity index (χ4n) is 3.68. The maximum Gasteiger partial charge on any atom is 0.260 e. The second-order valence-corrected chi connectivity index (χ2v) is 7.92. The van der Waals surface area contributed by atoms with Gasteiger partial charge < -0.3 is 4.57 Å². The van der Waals surface area contributed by atoms with Crippen molar-refractivity contribution in [2.75, 3.05) is 6.26 Å². The van der Waals surface area contributed by atoms with Gasteiger partial charge in [-0.3, -0.25) is 4.79 Å². The summed E-state index contributed by atoms with van der Waals surface area (Å²) in [4.78, 5) is 14.8. The number of pyridine rings is 1. The molecule has 1 aromatic heterocycles. The predicted octanol–water partition coefficient (Wildman–Crippen LogP) is 6.06. The van der Waals surface area contributed by atoms with Crippen LogP contribution in [0.3, 0.4) is 0 Å². The van der Waals surface area contributed by atoms with Crippen LogP contribution in [0, 0.1) is 13.8 Å².